The summed E-state index contributed by atoms with van der Waals surface area (Å²) in [6.07, 6.45) is 3.83. The minimum absolute atomic E-state index is 0.601. The quantitative estimate of drug-likeness (QED) is 0.839. The monoisotopic (exact) mass is 275 g/mol. The van der Waals surface area contributed by atoms with Crippen LogP contribution >= 0.6 is 0 Å². The summed E-state index contributed by atoms with van der Waals surface area (Å²) in [6, 6.07) is 9.11. The summed E-state index contributed by atoms with van der Waals surface area (Å²) in [5.41, 5.74) is 8.00. The number of anilines is 1. The van der Waals surface area contributed by atoms with Crippen molar-refractivity contribution >= 4 is 5.69 Å². The van der Waals surface area contributed by atoms with Crippen molar-refractivity contribution in [2.75, 3.05) is 39.5 Å². The van der Waals surface area contributed by atoms with Crippen molar-refractivity contribution in [3.8, 4) is 0 Å². The molecule has 1 heterocycles. The Kier molecular flexibility index (Phi) is 5.44. The number of likely N-dealkylation sites (tertiary alicyclic amines) is 1. The van der Waals surface area contributed by atoms with E-state index < -0.39 is 0 Å². The molecule has 1 saturated heterocycles. The Labute approximate surface area is 123 Å². The number of benzene rings is 1. The lowest BCUT2D eigenvalue weighted by Crippen LogP contribution is -2.42. The first-order valence-electron chi connectivity index (χ1n) is 7.80. The van der Waals surface area contributed by atoms with Crippen LogP contribution in [0.4, 0.5) is 5.69 Å². The molecule has 1 aliphatic rings. The van der Waals surface area contributed by atoms with Crippen molar-refractivity contribution in [1.29, 1.82) is 0 Å². The molecular weight excluding hydrogens is 246 g/mol. The van der Waals surface area contributed by atoms with Gasteiger partial charge in [-0.2, -0.15) is 0 Å². The molecule has 1 fully saturated rings. The summed E-state index contributed by atoms with van der Waals surface area (Å²) in [5.74, 6) is 0.601. The molecule has 0 radical (unpaired) electrons. The van der Waals surface area contributed by atoms with Crippen LogP contribution < -0.4 is 5.73 Å². The van der Waals surface area contributed by atoms with E-state index in [1.165, 1.54) is 44.5 Å². The van der Waals surface area contributed by atoms with Gasteiger partial charge in [-0.15, -0.1) is 0 Å². The summed E-state index contributed by atoms with van der Waals surface area (Å²) >= 11 is 0. The van der Waals surface area contributed by atoms with Crippen molar-refractivity contribution in [2.24, 2.45) is 0 Å². The van der Waals surface area contributed by atoms with Gasteiger partial charge in [0.15, 0.2) is 0 Å². The van der Waals surface area contributed by atoms with Crippen molar-refractivity contribution in [2.45, 2.75) is 38.1 Å². The summed E-state index contributed by atoms with van der Waals surface area (Å²) < 4.78 is 0. The number of rotatable bonds is 5. The number of nitrogens with zero attached hydrogens (tertiary/aromatic N) is 2. The Hall–Kier alpha value is -1.06. The van der Waals surface area contributed by atoms with Gasteiger partial charge in [0, 0.05) is 11.7 Å². The second-order valence-corrected chi connectivity index (χ2v) is 6.37. The van der Waals surface area contributed by atoms with Crippen molar-refractivity contribution in [1.82, 2.24) is 9.80 Å². The van der Waals surface area contributed by atoms with E-state index in [0.29, 0.717) is 5.92 Å². The second-order valence-electron chi connectivity index (χ2n) is 6.37. The molecule has 1 unspecified atom stereocenters. The van der Waals surface area contributed by atoms with Crippen molar-refractivity contribution in [3.63, 3.8) is 0 Å². The summed E-state index contributed by atoms with van der Waals surface area (Å²) in [5, 5.41) is 0. The predicted molar refractivity (Wildman–Crippen MR) is 87.0 cm³/mol. The summed E-state index contributed by atoms with van der Waals surface area (Å²) in [6.45, 7) is 5.97. The standard InChI is InChI=1S/C17H29N3/c1-14(15-4-6-16(18)7-5-15)8-13-20(3)17-9-11-19(2)12-10-17/h4-7,14,17H,8-13,18H2,1-3H3. The first-order chi connectivity index (χ1) is 9.56. The average molecular weight is 275 g/mol. The van der Waals surface area contributed by atoms with E-state index in [9.17, 15) is 0 Å². The first kappa shape index (κ1) is 15.3. The van der Waals surface area contributed by atoms with E-state index in [1.54, 1.807) is 0 Å². The van der Waals surface area contributed by atoms with Gasteiger partial charge in [0.05, 0.1) is 0 Å². The molecule has 0 aliphatic carbocycles. The third-order valence-electron chi connectivity index (χ3n) is 4.73. The maximum atomic E-state index is 5.75. The molecule has 0 amide bonds. The average Bonchev–Trinajstić information content (AvgIpc) is 2.46. The van der Waals surface area contributed by atoms with Gasteiger partial charge in [-0.3, -0.25) is 0 Å². The van der Waals surface area contributed by atoms with Gasteiger partial charge >= 0.3 is 0 Å². The highest BCUT2D eigenvalue weighted by Gasteiger charge is 2.20. The number of piperidine rings is 1. The lowest BCUT2D eigenvalue weighted by Gasteiger charge is -2.35. The van der Waals surface area contributed by atoms with Gasteiger partial charge in [-0.05, 0) is 76.6 Å². The fraction of sp³-hybridized carbons (Fsp3) is 0.647. The fourth-order valence-electron chi connectivity index (χ4n) is 3.01. The molecule has 3 nitrogen and oxygen atoms in total. The van der Waals surface area contributed by atoms with Gasteiger partial charge in [-0.25, -0.2) is 0 Å². The number of hydrogen-bond donors (Lipinski definition) is 1. The normalized spacial score (nSPS) is 19.4. The smallest absolute Gasteiger partial charge is 0.0314 e. The molecule has 112 valence electrons. The van der Waals surface area contributed by atoms with Gasteiger partial charge in [0.1, 0.15) is 0 Å². The predicted octanol–water partition coefficient (Wildman–Crippen LogP) is 2.79. The zero-order chi connectivity index (χ0) is 14.5. The van der Waals surface area contributed by atoms with Crippen LogP contribution in [0.1, 0.15) is 37.7 Å². The number of nitrogen functional groups attached to an aromatic ring is 1. The van der Waals surface area contributed by atoms with Crippen LogP contribution in [0, 0.1) is 0 Å². The maximum absolute atomic E-state index is 5.75. The van der Waals surface area contributed by atoms with Crippen LogP contribution in [0.15, 0.2) is 24.3 Å². The molecular formula is C17H29N3. The Morgan fingerprint density at radius 1 is 1.25 bits per heavy atom. The Bertz CT molecular complexity index is 393. The Morgan fingerprint density at radius 2 is 1.85 bits per heavy atom. The van der Waals surface area contributed by atoms with E-state index in [2.05, 4.69) is 43.0 Å². The Morgan fingerprint density at radius 3 is 2.45 bits per heavy atom. The van der Waals surface area contributed by atoms with Gasteiger partial charge < -0.3 is 15.5 Å². The van der Waals surface area contributed by atoms with Crippen LogP contribution in [-0.2, 0) is 0 Å². The van der Waals surface area contributed by atoms with E-state index in [4.69, 9.17) is 5.73 Å². The molecule has 1 aromatic carbocycles. The maximum Gasteiger partial charge on any atom is 0.0314 e. The molecule has 1 atom stereocenters. The van der Waals surface area contributed by atoms with Gasteiger partial charge in [0.2, 0.25) is 0 Å². The molecule has 3 heteroatoms. The molecule has 1 aromatic rings. The van der Waals surface area contributed by atoms with E-state index >= 15 is 0 Å². The minimum atomic E-state index is 0.601. The van der Waals surface area contributed by atoms with E-state index in [1.807, 2.05) is 12.1 Å². The molecule has 0 saturated carbocycles. The SMILES string of the molecule is CC(CCN(C)C1CCN(C)CC1)c1ccc(N)cc1. The molecule has 0 spiro atoms. The highest BCUT2D eigenvalue weighted by Crippen LogP contribution is 2.22. The van der Waals surface area contributed by atoms with Gasteiger partial charge in [0.25, 0.3) is 0 Å². The van der Waals surface area contributed by atoms with Crippen molar-refractivity contribution < 1.29 is 0 Å². The molecule has 2 rings (SSSR count). The van der Waals surface area contributed by atoms with Gasteiger partial charge in [-0.1, -0.05) is 19.1 Å². The lowest BCUT2D eigenvalue weighted by atomic mass is 9.96. The molecule has 1 aliphatic heterocycles. The minimum Gasteiger partial charge on any atom is -0.399 e. The summed E-state index contributed by atoms with van der Waals surface area (Å²) in [7, 11) is 4.51. The first-order valence-corrected chi connectivity index (χ1v) is 7.80. The van der Waals surface area contributed by atoms with Crippen LogP contribution in [0.25, 0.3) is 0 Å². The van der Waals surface area contributed by atoms with Crippen LogP contribution in [-0.4, -0.2) is 49.6 Å². The zero-order valence-corrected chi connectivity index (χ0v) is 13.2. The largest absolute Gasteiger partial charge is 0.399 e. The highest BCUT2D eigenvalue weighted by molar-refractivity contribution is 5.40. The summed E-state index contributed by atoms with van der Waals surface area (Å²) in [4.78, 5) is 4.99. The van der Waals surface area contributed by atoms with Crippen molar-refractivity contribution in [3.05, 3.63) is 29.8 Å². The fourth-order valence-corrected chi connectivity index (χ4v) is 3.01. The highest BCUT2D eigenvalue weighted by atomic mass is 15.2. The van der Waals surface area contributed by atoms with Crippen LogP contribution in [0.2, 0.25) is 0 Å². The Balaban J connectivity index is 1.77. The van der Waals surface area contributed by atoms with E-state index in [-0.39, 0.29) is 0 Å². The molecule has 0 aromatic heterocycles. The third kappa shape index (κ3) is 4.22. The molecule has 2 N–H and O–H groups in total. The lowest BCUT2D eigenvalue weighted by molar-refractivity contribution is 0.142. The number of nitrogens with two attached hydrogens (primary N) is 1. The number of hydrogen-bond acceptors (Lipinski definition) is 3. The zero-order valence-electron chi connectivity index (χ0n) is 13.2. The van der Waals surface area contributed by atoms with Crippen LogP contribution in [0.3, 0.4) is 0 Å². The second kappa shape index (κ2) is 7.09. The van der Waals surface area contributed by atoms with Crippen LogP contribution in [0.5, 0.6) is 0 Å². The topological polar surface area (TPSA) is 32.5 Å². The van der Waals surface area contributed by atoms with E-state index in [0.717, 1.165) is 11.7 Å². The molecule has 20 heavy (non-hydrogen) atoms. The molecule has 0 bridgehead atoms. The third-order valence-corrected chi connectivity index (χ3v) is 4.73.